The SMILES string of the molecule is NCC1(O)CCC(C(=O)NCc2ccccn2)CC1. The number of aliphatic hydroxyl groups is 1. The molecule has 19 heavy (non-hydrogen) atoms. The van der Waals surface area contributed by atoms with Crippen LogP contribution in [0.15, 0.2) is 24.4 Å². The molecule has 2 rings (SSSR count). The summed E-state index contributed by atoms with van der Waals surface area (Å²) >= 11 is 0. The van der Waals surface area contributed by atoms with E-state index in [4.69, 9.17) is 5.73 Å². The highest BCUT2D eigenvalue weighted by Crippen LogP contribution is 2.31. The van der Waals surface area contributed by atoms with Crippen molar-refractivity contribution in [2.24, 2.45) is 11.7 Å². The van der Waals surface area contributed by atoms with E-state index in [0.717, 1.165) is 5.69 Å². The van der Waals surface area contributed by atoms with Gasteiger partial charge in [-0.15, -0.1) is 0 Å². The Morgan fingerprint density at radius 1 is 1.47 bits per heavy atom. The maximum absolute atomic E-state index is 12.0. The van der Waals surface area contributed by atoms with Gasteiger partial charge in [-0.25, -0.2) is 0 Å². The Labute approximate surface area is 113 Å². The molecule has 1 heterocycles. The van der Waals surface area contributed by atoms with Gasteiger partial charge in [-0.1, -0.05) is 6.07 Å². The van der Waals surface area contributed by atoms with Crippen LogP contribution in [-0.2, 0) is 11.3 Å². The molecule has 0 unspecified atom stereocenters. The lowest BCUT2D eigenvalue weighted by molar-refractivity contribution is -0.127. The number of nitrogens with one attached hydrogen (secondary N) is 1. The zero-order valence-corrected chi connectivity index (χ0v) is 11.0. The number of nitrogens with zero attached hydrogens (tertiary/aromatic N) is 1. The van der Waals surface area contributed by atoms with Crippen LogP contribution in [0.1, 0.15) is 31.4 Å². The van der Waals surface area contributed by atoms with E-state index in [0.29, 0.717) is 32.2 Å². The van der Waals surface area contributed by atoms with E-state index in [1.165, 1.54) is 0 Å². The molecule has 1 amide bonds. The van der Waals surface area contributed by atoms with E-state index in [1.54, 1.807) is 6.20 Å². The Morgan fingerprint density at radius 2 is 2.21 bits per heavy atom. The Kier molecular flexibility index (Phi) is 4.50. The van der Waals surface area contributed by atoms with Gasteiger partial charge < -0.3 is 16.2 Å². The van der Waals surface area contributed by atoms with Crippen molar-refractivity contribution in [2.75, 3.05) is 6.54 Å². The van der Waals surface area contributed by atoms with Gasteiger partial charge in [-0.05, 0) is 37.8 Å². The van der Waals surface area contributed by atoms with Crippen molar-refractivity contribution < 1.29 is 9.90 Å². The van der Waals surface area contributed by atoms with Crippen molar-refractivity contribution in [3.05, 3.63) is 30.1 Å². The van der Waals surface area contributed by atoms with E-state index in [-0.39, 0.29) is 18.4 Å². The number of rotatable bonds is 4. The smallest absolute Gasteiger partial charge is 0.223 e. The minimum atomic E-state index is -0.766. The van der Waals surface area contributed by atoms with Gasteiger partial charge in [0.05, 0.1) is 17.8 Å². The first-order chi connectivity index (χ1) is 9.13. The first-order valence-electron chi connectivity index (χ1n) is 6.73. The van der Waals surface area contributed by atoms with Gasteiger partial charge in [0.1, 0.15) is 0 Å². The molecule has 1 aliphatic rings. The van der Waals surface area contributed by atoms with Gasteiger partial charge in [0.15, 0.2) is 0 Å². The molecule has 1 aliphatic carbocycles. The third kappa shape index (κ3) is 3.75. The molecule has 0 saturated heterocycles. The Balaban J connectivity index is 1.79. The molecule has 0 bridgehead atoms. The first-order valence-corrected chi connectivity index (χ1v) is 6.73. The van der Waals surface area contributed by atoms with Crippen LogP contribution in [0.2, 0.25) is 0 Å². The molecule has 5 heteroatoms. The molecule has 0 radical (unpaired) electrons. The summed E-state index contributed by atoms with van der Waals surface area (Å²) in [5.41, 5.74) is 5.62. The lowest BCUT2D eigenvalue weighted by Gasteiger charge is -2.34. The fourth-order valence-corrected chi connectivity index (χ4v) is 2.45. The molecule has 1 saturated carbocycles. The summed E-state index contributed by atoms with van der Waals surface area (Å²) in [5.74, 6) is 0.0280. The van der Waals surface area contributed by atoms with Crippen molar-refractivity contribution in [2.45, 2.75) is 37.8 Å². The number of carbonyl (C=O) groups excluding carboxylic acids is 1. The second kappa shape index (κ2) is 6.12. The van der Waals surface area contributed by atoms with E-state index < -0.39 is 5.60 Å². The number of hydrogen-bond acceptors (Lipinski definition) is 4. The van der Waals surface area contributed by atoms with E-state index in [9.17, 15) is 9.90 Å². The molecule has 4 N–H and O–H groups in total. The quantitative estimate of drug-likeness (QED) is 0.741. The van der Waals surface area contributed by atoms with Gasteiger partial charge >= 0.3 is 0 Å². The summed E-state index contributed by atoms with van der Waals surface area (Å²) < 4.78 is 0. The summed E-state index contributed by atoms with van der Waals surface area (Å²) in [6.07, 6.45) is 4.31. The predicted octanol–water partition coefficient (Wildman–Crippen LogP) is 0.578. The van der Waals surface area contributed by atoms with Crippen molar-refractivity contribution in [3.8, 4) is 0 Å². The number of hydrogen-bond donors (Lipinski definition) is 3. The third-order valence-corrected chi connectivity index (χ3v) is 3.84. The summed E-state index contributed by atoms with van der Waals surface area (Å²) in [5, 5.41) is 12.9. The monoisotopic (exact) mass is 263 g/mol. The molecular weight excluding hydrogens is 242 g/mol. The summed E-state index contributed by atoms with van der Waals surface area (Å²) in [7, 11) is 0. The molecule has 5 nitrogen and oxygen atoms in total. The van der Waals surface area contributed by atoms with Crippen LogP contribution in [0.4, 0.5) is 0 Å². The molecular formula is C14H21N3O2. The highest BCUT2D eigenvalue weighted by atomic mass is 16.3. The Bertz CT molecular complexity index is 414. The lowest BCUT2D eigenvalue weighted by Crippen LogP contribution is -2.44. The van der Waals surface area contributed by atoms with Crippen LogP contribution in [0, 0.1) is 5.92 Å². The average Bonchev–Trinajstić information content (AvgIpc) is 2.47. The van der Waals surface area contributed by atoms with E-state index in [2.05, 4.69) is 10.3 Å². The molecule has 1 fully saturated rings. The second-order valence-electron chi connectivity index (χ2n) is 5.24. The third-order valence-electron chi connectivity index (χ3n) is 3.84. The van der Waals surface area contributed by atoms with Crippen LogP contribution in [0.5, 0.6) is 0 Å². The van der Waals surface area contributed by atoms with E-state index in [1.807, 2.05) is 18.2 Å². The summed E-state index contributed by atoms with van der Waals surface area (Å²) in [4.78, 5) is 16.2. The van der Waals surface area contributed by atoms with Crippen molar-refractivity contribution in [3.63, 3.8) is 0 Å². The molecule has 0 atom stereocenters. The molecule has 0 aromatic carbocycles. The number of pyridine rings is 1. The van der Waals surface area contributed by atoms with Crippen LogP contribution in [-0.4, -0.2) is 28.1 Å². The number of nitrogens with two attached hydrogens (primary N) is 1. The normalized spacial score (nSPS) is 26.9. The highest BCUT2D eigenvalue weighted by molar-refractivity contribution is 5.78. The lowest BCUT2D eigenvalue weighted by atomic mass is 9.78. The number of carbonyl (C=O) groups is 1. The van der Waals surface area contributed by atoms with Gasteiger partial charge in [-0.3, -0.25) is 9.78 Å². The van der Waals surface area contributed by atoms with Crippen LogP contribution >= 0.6 is 0 Å². The fourth-order valence-electron chi connectivity index (χ4n) is 2.45. The predicted molar refractivity (Wildman–Crippen MR) is 72.0 cm³/mol. The minimum Gasteiger partial charge on any atom is -0.389 e. The maximum atomic E-state index is 12.0. The number of aromatic nitrogens is 1. The maximum Gasteiger partial charge on any atom is 0.223 e. The van der Waals surface area contributed by atoms with Crippen molar-refractivity contribution in [1.29, 1.82) is 0 Å². The largest absolute Gasteiger partial charge is 0.389 e. The van der Waals surface area contributed by atoms with Gasteiger partial charge in [0.25, 0.3) is 0 Å². The van der Waals surface area contributed by atoms with Crippen LogP contribution in [0.25, 0.3) is 0 Å². The zero-order valence-electron chi connectivity index (χ0n) is 11.0. The van der Waals surface area contributed by atoms with Gasteiger partial charge in [-0.2, -0.15) is 0 Å². The Morgan fingerprint density at radius 3 is 2.79 bits per heavy atom. The molecule has 0 spiro atoms. The fraction of sp³-hybridized carbons (Fsp3) is 0.571. The van der Waals surface area contributed by atoms with Crippen LogP contribution < -0.4 is 11.1 Å². The molecule has 104 valence electrons. The standard InChI is InChI=1S/C14H21N3O2/c15-10-14(19)6-4-11(5-7-14)13(18)17-9-12-3-1-2-8-16-12/h1-3,8,11,19H,4-7,9-10,15H2,(H,17,18). The zero-order chi connectivity index (χ0) is 13.7. The molecule has 1 aromatic heterocycles. The number of amides is 1. The summed E-state index contributed by atoms with van der Waals surface area (Å²) in [6, 6.07) is 5.63. The topological polar surface area (TPSA) is 88.2 Å². The highest BCUT2D eigenvalue weighted by Gasteiger charge is 2.34. The van der Waals surface area contributed by atoms with Crippen molar-refractivity contribution >= 4 is 5.91 Å². The average molecular weight is 263 g/mol. The Hall–Kier alpha value is -1.46. The van der Waals surface area contributed by atoms with E-state index >= 15 is 0 Å². The second-order valence-corrected chi connectivity index (χ2v) is 5.24. The summed E-state index contributed by atoms with van der Waals surface area (Å²) in [6.45, 7) is 0.729. The molecule has 0 aliphatic heterocycles. The minimum absolute atomic E-state index is 0.0180. The van der Waals surface area contributed by atoms with Gasteiger partial charge in [0.2, 0.25) is 5.91 Å². The first kappa shape index (κ1) is 14.0. The van der Waals surface area contributed by atoms with Crippen LogP contribution in [0.3, 0.4) is 0 Å². The van der Waals surface area contributed by atoms with Crippen molar-refractivity contribution in [1.82, 2.24) is 10.3 Å². The van der Waals surface area contributed by atoms with Gasteiger partial charge in [0, 0.05) is 18.7 Å². The molecule has 1 aromatic rings.